The highest BCUT2D eigenvalue weighted by Crippen LogP contribution is 2.34. The minimum atomic E-state index is -0.584. The Morgan fingerprint density at radius 2 is 1.92 bits per heavy atom. The molecular weight excluding hydrogens is 354 g/mol. The van der Waals surface area contributed by atoms with Crippen molar-refractivity contribution in [2.45, 2.75) is 26.3 Å². The second kappa shape index (κ2) is 7.46. The summed E-state index contributed by atoms with van der Waals surface area (Å²) in [6, 6.07) is 11.1. The zero-order valence-corrected chi connectivity index (χ0v) is 15.9. The van der Waals surface area contributed by atoms with Gasteiger partial charge in [0.25, 0.3) is 5.91 Å². The van der Waals surface area contributed by atoms with Crippen molar-refractivity contribution in [3.05, 3.63) is 52.5 Å². The number of rotatable bonds is 5. The van der Waals surface area contributed by atoms with Gasteiger partial charge in [0.1, 0.15) is 19.0 Å². The molecule has 0 aromatic heterocycles. The van der Waals surface area contributed by atoms with Crippen LogP contribution in [0.1, 0.15) is 25.0 Å². The molecule has 0 bridgehead atoms. The maximum Gasteiger partial charge on any atom is 0.258 e. The first-order chi connectivity index (χ1) is 12.4. The van der Waals surface area contributed by atoms with Gasteiger partial charge in [0.2, 0.25) is 0 Å². The number of nitrogens with one attached hydrogen (secondary N) is 1. The fraction of sp³-hybridized carbons (Fsp3) is 0.350. The third-order valence-electron chi connectivity index (χ3n) is 4.29. The highest BCUT2D eigenvalue weighted by atomic mass is 35.5. The first kappa shape index (κ1) is 18.4. The molecule has 0 radical (unpaired) electrons. The zero-order valence-electron chi connectivity index (χ0n) is 15.1. The third kappa shape index (κ3) is 4.05. The Morgan fingerprint density at radius 1 is 1.19 bits per heavy atom. The maximum atomic E-state index is 12.4. The van der Waals surface area contributed by atoms with Gasteiger partial charge in [-0.05, 0) is 50.6 Å². The second-order valence-corrected chi connectivity index (χ2v) is 7.09. The molecule has 6 heteroatoms. The van der Waals surface area contributed by atoms with E-state index < -0.39 is 5.54 Å². The van der Waals surface area contributed by atoms with Gasteiger partial charge in [-0.3, -0.25) is 4.79 Å². The van der Waals surface area contributed by atoms with E-state index in [1.54, 1.807) is 18.2 Å². The Kier molecular flexibility index (Phi) is 5.28. The van der Waals surface area contributed by atoms with Crippen LogP contribution in [0.25, 0.3) is 0 Å². The van der Waals surface area contributed by atoms with E-state index >= 15 is 0 Å². The van der Waals surface area contributed by atoms with E-state index in [9.17, 15) is 4.79 Å². The lowest BCUT2D eigenvalue weighted by molar-refractivity contribution is -0.124. The molecule has 1 amide bonds. The first-order valence-electron chi connectivity index (χ1n) is 8.46. The van der Waals surface area contributed by atoms with Crippen LogP contribution in [0.15, 0.2) is 36.4 Å². The fourth-order valence-electron chi connectivity index (χ4n) is 2.78. The van der Waals surface area contributed by atoms with E-state index in [4.69, 9.17) is 25.8 Å². The number of benzene rings is 2. The molecule has 0 saturated heterocycles. The van der Waals surface area contributed by atoms with Crippen LogP contribution < -0.4 is 19.5 Å². The Morgan fingerprint density at radius 3 is 2.69 bits per heavy atom. The number of carbonyl (C=O) groups excluding carboxylic acids is 1. The summed E-state index contributed by atoms with van der Waals surface area (Å²) in [4.78, 5) is 12.4. The average molecular weight is 376 g/mol. The van der Waals surface area contributed by atoms with E-state index in [-0.39, 0.29) is 12.5 Å². The van der Waals surface area contributed by atoms with E-state index in [0.717, 1.165) is 16.9 Å². The van der Waals surface area contributed by atoms with Crippen molar-refractivity contribution in [3.63, 3.8) is 0 Å². The van der Waals surface area contributed by atoms with Crippen LogP contribution in [0.2, 0.25) is 5.02 Å². The second-order valence-electron chi connectivity index (χ2n) is 6.68. The molecule has 1 N–H and O–H groups in total. The van der Waals surface area contributed by atoms with E-state index in [0.29, 0.717) is 29.7 Å². The van der Waals surface area contributed by atoms with Gasteiger partial charge in [-0.2, -0.15) is 0 Å². The van der Waals surface area contributed by atoms with Crippen molar-refractivity contribution < 1.29 is 19.0 Å². The van der Waals surface area contributed by atoms with Crippen LogP contribution in [0.4, 0.5) is 0 Å². The summed E-state index contributed by atoms with van der Waals surface area (Å²) in [5.74, 6) is 1.80. The Labute approximate surface area is 158 Å². The molecule has 0 saturated carbocycles. The Balaban J connectivity index is 1.65. The predicted molar refractivity (Wildman–Crippen MR) is 100 cm³/mol. The zero-order chi connectivity index (χ0) is 18.7. The number of amides is 1. The number of ether oxygens (including phenoxy) is 3. The molecular formula is C20H22ClNO4. The molecule has 26 heavy (non-hydrogen) atoms. The minimum absolute atomic E-state index is 0.0881. The highest BCUT2D eigenvalue weighted by molar-refractivity contribution is 6.31. The molecule has 0 aliphatic carbocycles. The molecule has 3 rings (SSSR count). The van der Waals surface area contributed by atoms with Crippen molar-refractivity contribution in [1.29, 1.82) is 0 Å². The smallest absolute Gasteiger partial charge is 0.258 e. The Bertz CT molecular complexity index is 819. The lowest BCUT2D eigenvalue weighted by Crippen LogP contribution is -2.43. The van der Waals surface area contributed by atoms with Gasteiger partial charge in [0.05, 0.1) is 5.54 Å². The maximum absolute atomic E-state index is 12.4. The highest BCUT2D eigenvalue weighted by Gasteiger charge is 2.25. The molecule has 0 unspecified atom stereocenters. The molecule has 0 atom stereocenters. The van der Waals surface area contributed by atoms with Crippen molar-refractivity contribution in [1.82, 2.24) is 5.32 Å². The van der Waals surface area contributed by atoms with Crippen LogP contribution in [0.5, 0.6) is 17.2 Å². The lowest BCUT2D eigenvalue weighted by atomic mass is 9.93. The number of halogens is 1. The van der Waals surface area contributed by atoms with Crippen molar-refractivity contribution in [3.8, 4) is 17.2 Å². The largest absolute Gasteiger partial charge is 0.486 e. The summed E-state index contributed by atoms with van der Waals surface area (Å²) in [6.07, 6.45) is 0. The molecule has 0 fully saturated rings. The number of hydrogen-bond acceptors (Lipinski definition) is 4. The van der Waals surface area contributed by atoms with Crippen LogP contribution in [0, 0.1) is 6.92 Å². The number of hydrogen-bond donors (Lipinski definition) is 1. The van der Waals surface area contributed by atoms with Crippen molar-refractivity contribution in [2.24, 2.45) is 0 Å². The molecule has 138 valence electrons. The average Bonchev–Trinajstić information content (AvgIpc) is 2.62. The number of carbonyl (C=O) groups is 1. The number of fused-ring (bicyclic) bond motifs is 1. The standard InChI is InChI=1S/C20H22ClNO4/c1-13-15(21)5-4-6-16(13)26-12-19(23)22-20(2,3)14-7-8-17-18(11-14)25-10-9-24-17/h4-8,11H,9-10,12H2,1-3H3,(H,22,23). The van der Waals surface area contributed by atoms with E-state index in [1.807, 2.05) is 39.0 Å². The van der Waals surface area contributed by atoms with Gasteiger partial charge in [-0.1, -0.05) is 23.7 Å². The predicted octanol–water partition coefficient (Wildman–Crippen LogP) is 3.85. The van der Waals surface area contributed by atoms with Crippen LogP contribution in [0.3, 0.4) is 0 Å². The van der Waals surface area contributed by atoms with E-state index in [2.05, 4.69) is 5.32 Å². The molecule has 1 aliphatic heterocycles. The molecule has 1 aliphatic rings. The monoisotopic (exact) mass is 375 g/mol. The molecule has 0 spiro atoms. The van der Waals surface area contributed by atoms with Crippen LogP contribution in [-0.2, 0) is 10.3 Å². The molecule has 5 nitrogen and oxygen atoms in total. The van der Waals surface area contributed by atoms with Gasteiger partial charge in [-0.15, -0.1) is 0 Å². The molecule has 2 aromatic rings. The van der Waals surface area contributed by atoms with Crippen LogP contribution >= 0.6 is 11.6 Å². The minimum Gasteiger partial charge on any atom is -0.486 e. The topological polar surface area (TPSA) is 56.8 Å². The molecule has 2 aromatic carbocycles. The van der Waals surface area contributed by atoms with Gasteiger partial charge in [0, 0.05) is 10.6 Å². The molecule has 1 heterocycles. The summed E-state index contributed by atoms with van der Waals surface area (Å²) >= 11 is 6.07. The third-order valence-corrected chi connectivity index (χ3v) is 4.70. The first-order valence-corrected chi connectivity index (χ1v) is 8.84. The van der Waals surface area contributed by atoms with Gasteiger partial charge in [0.15, 0.2) is 18.1 Å². The van der Waals surface area contributed by atoms with Gasteiger partial charge < -0.3 is 19.5 Å². The van der Waals surface area contributed by atoms with Gasteiger partial charge >= 0.3 is 0 Å². The SMILES string of the molecule is Cc1c(Cl)cccc1OCC(=O)NC(C)(C)c1ccc2c(c1)OCCO2. The summed E-state index contributed by atoms with van der Waals surface area (Å²) in [5, 5.41) is 3.60. The van der Waals surface area contributed by atoms with E-state index in [1.165, 1.54) is 0 Å². The summed E-state index contributed by atoms with van der Waals surface area (Å²) in [7, 11) is 0. The van der Waals surface area contributed by atoms with Crippen molar-refractivity contribution >= 4 is 17.5 Å². The van der Waals surface area contributed by atoms with Crippen LogP contribution in [-0.4, -0.2) is 25.7 Å². The van der Waals surface area contributed by atoms with Crippen molar-refractivity contribution in [2.75, 3.05) is 19.8 Å². The summed E-state index contributed by atoms with van der Waals surface area (Å²) < 4.78 is 16.8. The Hall–Kier alpha value is -2.40. The summed E-state index contributed by atoms with van der Waals surface area (Å²) in [5.41, 5.74) is 1.15. The fourth-order valence-corrected chi connectivity index (χ4v) is 2.94. The lowest BCUT2D eigenvalue weighted by Gasteiger charge is -2.28. The quantitative estimate of drug-likeness (QED) is 0.862. The summed E-state index contributed by atoms with van der Waals surface area (Å²) in [6.45, 7) is 6.70. The van der Waals surface area contributed by atoms with Gasteiger partial charge in [-0.25, -0.2) is 0 Å². The normalized spacial score (nSPS) is 13.2.